The van der Waals surface area contributed by atoms with E-state index < -0.39 is 7.92 Å². The Hall–Kier alpha value is -2.37. The third-order valence-electron chi connectivity index (χ3n) is 5.90. The molecule has 0 aromatic heterocycles. The van der Waals surface area contributed by atoms with E-state index in [1.165, 1.54) is 38.0 Å². The summed E-state index contributed by atoms with van der Waals surface area (Å²) in [6.45, 7) is 9.37. The first-order valence-electron chi connectivity index (χ1n) is 10.5. The van der Waals surface area contributed by atoms with Gasteiger partial charge in [0, 0.05) is 5.30 Å². The maximum absolute atomic E-state index is 6.51. The number of hydrogen-bond acceptors (Lipinski definition) is 1. The highest BCUT2D eigenvalue weighted by Crippen LogP contribution is 2.61. The van der Waals surface area contributed by atoms with Gasteiger partial charge in [-0.2, -0.15) is 0 Å². The lowest BCUT2D eigenvalue weighted by Crippen LogP contribution is -2.24. The average molecular weight is 398 g/mol. The predicted octanol–water partition coefficient (Wildman–Crippen LogP) is 7.69. The molecule has 146 valence electrons. The minimum absolute atomic E-state index is 0.192. The van der Waals surface area contributed by atoms with Crippen molar-refractivity contribution in [1.82, 2.24) is 0 Å². The predicted molar refractivity (Wildman–Crippen MR) is 128 cm³/mol. The van der Waals surface area contributed by atoms with E-state index in [0.717, 1.165) is 12.2 Å². The van der Waals surface area contributed by atoms with Gasteiger partial charge in [0.2, 0.25) is 0 Å². The number of rotatable bonds is 2. The SMILES string of the molecule is CCC1Oc2cccc(-c3c4ccccc4cc4ccccc34)c2P1C(C)(C)C. The summed E-state index contributed by atoms with van der Waals surface area (Å²) < 4.78 is 6.51. The summed E-state index contributed by atoms with van der Waals surface area (Å²) in [6, 6.07) is 26.5. The monoisotopic (exact) mass is 398 g/mol. The van der Waals surface area contributed by atoms with Crippen molar-refractivity contribution in [3.63, 3.8) is 0 Å². The summed E-state index contributed by atoms with van der Waals surface area (Å²) in [5.41, 5.74) is 2.71. The highest BCUT2D eigenvalue weighted by Gasteiger charge is 2.42. The van der Waals surface area contributed by atoms with E-state index >= 15 is 0 Å². The van der Waals surface area contributed by atoms with Crippen LogP contribution in [0.1, 0.15) is 34.1 Å². The van der Waals surface area contributed by atoms with E-state index in [-0.39, 0.29) is 5.16 Å². The van der Waals surface area contributed by atoms with Gasteiger partial charge in [-0.05, 0) is 64.3 Å². The molecule has 0 bridgehead atoms. The third-order valence-corrected chi connectivity index (χ3v) is 9.34. The molecule has 1 heterocycles. The molecule has 0 radical (unpaired) electrons. The summed E-state index contributed by atoms with van der Waals surface area (Å²) in [7, 11) is -0.443. The molecule has 5 rings (SSSR count). The quantitative estimate of drug-likeness (QED) is 0.248. The standard InChI is InChI=1S/C27H27OP/c1-5-24-28-23-16-10-15-22(26(23)29(24)27(2,3)4)25-20-13-8-6-11-18(20)17-19-12-7-9-14-21(19)25/h6-17,24H,5H2,1-4H3. The molecular weight excluding hydrogens is 371 g/mol. The fraction of sp³-hybridized carbons (Fsp3) is 0.259. The van der Waals surface area contributed by atoms with E-state index in [1.807, 2.05) is 0 Å². The Bertz CT molecular complexity index is 1160. The lowest BCUT2D eigenvalue weighted by atomic mass is 9.92. The fourth-order valence-electron chi connectivity index (χ4n) is 4.75. The van der Waals surface area contributed by atoms with Crippen molar-refractivity contribution in [3.8, 4) is 16.9 Å². The van der Waals surface area contributed by atoms with Gasteiger partial charge >= 0.3 is 0 Å². The smallest absolute Gasteiger partial charge is 0.128 e. The zero-order valence-electron chi connectivity index (χ0n) is 17.6. The maximum atomic E-state index is 6.51. The highest BCUT2D eigenvalue weighted by molar-refractivity contribution is 7.68. The normalized spacial score (nSPS) is 18.8. The van der Waals surface area contributed by atoms with Gasteiger partial charge in [-0.1, -0.05) is 88.4 Å². The number of fused-ring (bicyclic) bond motifs is 3. The van der Waals surface area contributed by atoms with E-state index in [0.29, 0.717) is 5.85 Å². The summed E-state index contributed by atoms with van der Waals surface area (Å²) in [4.78, 5) is 0. The minimum Gasteiger partial charge on any atom is -0.485 e. The average Bonchev–Trinajstić information content (AvgIpc) is 3.11. The van der Waals surface area contributed by atoms with Crippen LogP contribution in [0.15, 0.2) is 72.8 Å². The second kappa shape index (κ2) is 6.85. The molecule has 0 N–H and O–H groups in total. The molecule has 2 unspecified atom stereocenters. The van der Waals surface area contributed by atoms with Crippen LogP contribution in [-0.2, 0) is 0 Å². The Morgan fingerprint density at radius 3 is 2.03 bits per heavy atom. The van der Waals surface area contributed by atoms with Gasteiger partial charge in [0.1, 0.15) is 11.6 Å². The molecule has 0 fully saturated rings. The molecule has 0 spiro atoms. The Morgan fingerprint density at radius 1 is 0.828 bits per heavy atom. The van der Waals surface area contributed by atoms with Gasteiger partial charge in [-0.3, -0.25) is 0 Å². The molecule has 1 aliphatic rings. The van der Waals surface area contributed by atoms with Crippen molar-refractivity contribution in [2.75, 3.05) is 0 Å². The molecule has 2 heteroatoms. The van der Waals surface area contributed by atoms with E-state index in [4.69, 9.17) is 4.74 Å². The van der Waals surface area contributed by atoms with Crippen molar-refractivity contribution >= 4 is 34.8 Å². The zero-order valence-corrected chi connectivity index (χ0v) is 18.5. The van der Waals surface area contributed by atoms with Crippen LogP contribution in [-0.4, -0.2) is 11.0 Å². The lowest BCUT2D eigenvalue weighted by molar-refractivity contribution is 0.288. The van der Waals surface area contributed by atoms with Crippen LogP contribution in [0.3, 0.4) is 0 Å². The van der Waals surface area contributed by atoms with Crippen molar-refractivity contribution in [2.45, 2.75) is 45.1 Å². The molecule has 4 aromatic carbocycles. The highest BCUT2D eigenvalue weighted by atomic mass is 31.1. The molecule has 1 aliphatic heterocycles. The van der Waals surface area contributed by atoms with Gasteiger partial charge < -0.3 is 4.74 Å². The molecule has 2 atom stereocenters. The summed E-state index contributed by atoms with van der Waals surface area (Å²) in [6.07, 6.45) is 1.05. The second-order valence-corrected chi connectivity index (χ2v) is 12.0. The van der Waals surface area contributed by atoms with E-state index in [9.17, 15) is 0 Å². The molecule has 0 saturated heterocycles. The van der Waals surface area contributed by atoms with Gasteiger partial charge in [0.15, 0.2) is 0 Å². The Balaban J connectivity index is 1.90. The number of hydrogen-bond donors (Lipinski definition) is 0. The summed E-state index contributed by atoms with van der Waals surface area (Å²) in [5, 5.41) is 6.88. The minimum atomic E-state index is -0.443. The molecule has 4 aromatic rings. The molecule has 1 nitrogen and oxygen atoms in total. The van der Waals surface area contributed by atoms with Gasteiger partial charge in [-0.25, -0.2) is 0 Å². The molecular formula is C27H27OP. The van der Waals surface area contributed by atoms with Crippen LogP contribution in [0.2, 0.25) is 0 Å². The summed E-state index contributed by atoms with van der Waals surface area (Å²) >= 11 is 0. The van der Waals surface area contributed by atoms with Crippen molar-refractivity contribution in [1.29, 1.82) is 0 Å². The van der Waals surface area contributed by atoms with Gasteiger partial charge in [0.25, 0.3) is 0 Å². The Kier molecular flexibility index (Phi) is 4.41. The van der Waals surface area contributed by atoms with Crippen LogP contribution >= 0.6 is 7.92 Å². The van der Waals surface area contributed by atoms with Crippen LogP contribution < -0.4 is 10.0 Å². The van der Waals surface area contributed by atoms with E-state index in [1.54, 1.807) is 0 Å². The van der Waals surface area contributed by atoms with E-state index in [2.05, 4.69) is 100 Å². The van der Waals surface area contributed by atoms with Gasteiger partial charge in [-0.15, -0.1) is 0 Å². The first kappa shape index (κ1) is 18.6. The van der Waals surface area contributed by atoms with Crippen molar-refractivity contribution < 1.29 is 4.74 Å². The molecule has 0 aliphatic carbocycles. The third kappa shape index (κ3) is 2.95. The first-order chi connectivity index (χ1) is 14.0. The Labute approximate surface area is 174 Å². The first-order valence-corrected chi connectivity index (χ1v) is 11.9. The zero-order chi connectivity index (χ0) is 20.2. The number of ether oxygens (including phenoxy) is 1. The molecule has 0 saturated carbocycles. The van der Waals surface area contributed by atoms with Crippen LogP contribution in [0.5, 0.6) is 5.75 Å². The van der Waals surface area contributed by atoms with Crippen LogP contribution in [0.4, 0.5) is 0 Å². The largest absolute Gasteiger partial charge is 0.485 e. The van der Waals surface area contributed by atoms with Crippen molar-refractivity contribution in [3.05, 3.63) is 72.8 Å². The second-order valence-electron chi connectivity index (χ2n) is 8.87. The molecule has 0 amide bonds. The topological polar surface area (TPSA) is 9.23 Å². The van der Waals surface area contributed by atoms with Gasteiger partial charge in [0.05, 0.1) is 0 Å². The summed E-state index contributed by atoms with van der Waals surface area (Å²) in [5.74, 6) is 1.38. The molecule has 29 heavy (non-hydrogen) atoms. The lowest BCUT2D eigenvalue weighted by Gasteiger charge is -2.32. The van der Waals surface area contributed by atoms with Crippen molar-refractivity contribution in [2.24, 2.45) is 0 Å². The van der Waals surface area contributed by atoms with Crippen LogP contribution in [0.25, 0.3) is 32.7 Å². The van der Waals surface area contributed by atoms with Crippen LogP contribution in [0, 0.1) is 0 Å². The maximum Gasteiger partial charge on any atom is 0.128 e. The number of benzene rings is 4. The Morgan fingerprint density at radius 2 is 1.45 bits per heavy atom. The fourth-order valence-corrected chi connectivity index (χ4v) is 7.97.